The number of allylic oxidation sites excluding steroid dienone is 1. The van der Waals surface area contributed by atoms with Crippen molar-refractivity contribution >= 4 is 29.1 Å². The highest BCUT2D eigenvalue weighted by atomic mass is 35.5. The summed E-state index contributed by atoms with van der Waals surface area (Å²) in [4.78, 5) is 44.6. The number of carbonyl (C=O) groups is 3. The minimum atomic E-state index is -0.967. The first-order chi connectivity index (χ1) is 27.0. The molecule has 0 heterocycles. The Morgan fingerprint density at radius 2 is 1.59 bits per heavy atom. The van der Waals surface area contributed by atoms with Crippen molar-refractivity contribution in [2.24, 2.45) is 56.2 Å². The largest absolute Gasteiger partial charge is 0.462 e. The van der Waals surface area contributed by atoms with Gasteiger partial charge < -0.3 is 19.8 Å². The maximum Gasteiger partial charge on any atom is 0.307 e. The maximum absolute atomic E-state index is 14.3. The van der Waals surface area contributed by atoms with Crippen LogP contribution in [0.25, 0.3) is 0 Å². The number of nitrogens with zero attached hydrogens (tertiary/aromatic N) is 2. The third-order valence-corrected chi connectivity index (χ3v) is 17.7. The minimum absolute atomic E-state index is 0.0284. The highest BCUT2D eigenvalue weighted by Crippen LogP contribution is 2.77. The van der Waals surface area contributed by atoms with E-state index in [1.807, 2.05) is 12.1 Å². The van der Waals surface area contributed by atoms with Crippen LogP contribution in [-0.2, 0) is 25.7 Å². The predicted octanol–water partition coefficient (Wildman–Crippen LogP) is 8.93. The van der Waals surface area contributed by atoms with E-state index in [-0.39, 0.29) is 63.6 Å². The molecule has 5 aliphatic carbocycles. The summed E-state index contributed by atoms with van der Waals surface area (Å²) >= 11 is 6.25. The lowest BCUT2D eigenvalue weighted by atomic mass is 9.33. The molecule has 0 saturated heterocycles. The van der Waals surface area contributed by atoms with Crippen molar-refractivity contribution in [1.29, 1.82) is 0 Å². The standard InChI is InChI=1S/C49H75ClN2O6/c1-31(2)42-35(54)26-49(38(55)29-52(25-24-51(10)11)28-32-12-14-33(50)15-13-32)23-22-47(8)34(43(42)49)16-17-37-46(7)20-19-40(45(5,6)36(46)18-21-48(37,47)9)58-41(57)27-44(3,4)39(56)30-53/h12-15,31,34,36-38,40,53,55H,16-30H2,1-11H3/t34-,36+,37-,38-,40+,46+,47-,48-,49+/m1/s1. The van der Waals surface area contributed by atoms with E-state index >= 15 is 0 Å². The fourth-order valence-electron chi connectivity index (χ4n) is 14.0. The molecule has 4 saturated carbocycles. The lowest BCUT2D eigenvalue weighted by molar-refractivity contribution is -0.235. The fourth-order valence-corrected chi connectivity index (χ4v) is 14.1. The number of carbonyl (C=O) groups excluding carboxylic acids is 3. The first-order valence-electron chi connectivity index (χ1n) is 22.4. The molecule has 0 amide bonds. The Labute approximate surface area is 354 Å². The van der Waals surface area contributed by atoms with E-state index in [0.29, 0.717) is 36.4 Å². The molecule has 9 heteroatoms. The fraction of sp³-hybridized carbons (Fsp3) is 0.776. The van der Waals surface area contributed by atoms with Crippen molar-refractivity contribution in [2.45, 2.75) is 145 Å². The van der Waals surface area contributed by atoms with Crippen molar-refractivity contribution in [3.8, 4) is 0 Å². The van der Waals surface area contributed by atoms with Gasteiger partial charge in [0.2, 0.25) is 0 Å². The number of benzene rings is 1. The summed E-state index contributed by atoms with van der Waals surface area (Å²) in [5.41, 5.74) is 1.78. The zero-order valence-corrected chi connectivity index (χ0v) is 38.4. The molecule has 324 valence electrons. The molecule has 0 aromatic heterocycles. The van der Waals surface area contributed by atoms with E-state index < -0.39 is 23.5 Å². The number of hydrogen-bond donors (Lipinski definition) is 2. The quantitative estimate of drug-likeness (QED) is 0.179. The molecule has 1 aromatic carbocycles. The Hall–Kier alpha value is -2.10. The number of ether oxygens (including phenoxy) is 1. The Bertz CT molecular complexity index is 1750. The second kappa shape index (κ2) is 16.3. The van der Waals surface area contributed by atoms with Gasteiger partial charge in [0.15, 0.2) is 11.6 Å². The summed E-state index contributed by atoms with van der Waals surface area (Å²) in [6.45, 7) is 22.3. The number of fused-ring (bicyclic) bond motifs is 7. The number of halogens is 1. The number of hydrogen-bond acceptors (Lipinski definition) is 8. The topological polar surface area (TPSA) is 107 Å². The van der Waals surface area contributed by atoms with Crippen molar-refractivity contribution < 1.29 is 29.3 Å². The summed E-state index contributed by atoms with van der Waals surface area (Å²) in [5.74, 6) is 0.725. The summed E-state index contributed by atoms with van der Waals surface area (Å²) in [5, 5.41) is 22.9. The molecule has 9 atom stereocenters. The first kappa shape index (κ1) is 45.4. The zero-order valence-electron chi connectivity index (χ0n) is 37.7. The van der Waals surface area contributed by atoms with Crippen LogP contribution in [0.4, 0.5) is 0 Å². The summed E-state index contributed by atoms with van der Waals surface area (Å²) in [7, 11) is 4.17. The van der Waals surface area contributed by atoms with E-state index in [4.69, 9.17) is 16.3 Å². The van der Waals surface area contributed by atoms with Crippen LogP contribution in [0.15, 0.2) is 35.4 Å². The van der Waals surface area contributed by atoms with Gasteiger partial charge in [-0.05, 0) is 129 Å². The third-order valence-electron chi connectivity index (χ3n) is 17.4. The molecule has 4 fully saturated rings. The average Bonchev–Trinajstić information content (AvgIpc) is 3.45. The molecule has 0 spiro atoms. The van der Waals surface area contributed by atoms with Crippen molar-refractivity contribution in [3.63, 3.8) is 0 Å². The van der Waals surface area contributed by atoms with E-state index in [0.717, 1.165) is 75.6 Å². The molecule has 1 aromatic rings. The number of likely N-dealkylation sites (N-methyl/N-ethyl adjacent to an activating group) is 1. The Morgan fingerprint density at radius 1 is 0.914 bits per heavy atom. The summed E-state index contributed by atoms with van der Waals surface area (Å²) in [6.07, 6.45) is 7.31. The van der Waals surface area contributed by atoms with Gasteiger partial charge in [-0.3, -0.25) is 19.3 Å². The normalized spacial score (nSPS) is 35.1. The summed E-state index contributed by atoms with van der Waals surface area (Å²) in [6, 6.07) is 8.01. The number of aliphatic hydroxyl groups excluding tert-OH is 2. The molecule has 2 N–H and O–H groups in total. The zero-order chi connectivity index (χ0) is 42.8. The van der Waals surface area contributed by atoms with Crippen LogP contribution in [0.5, 0.6) is 0 Å². The van der Waals surface area contributed by atoms with Gasteiger partial charge in [0.05, 0.1) is 12.5 Å². The first-order valence-corrected chi connectivity index (χ1v) is 22.8. The van der Waals surface area contributed by atoms with Crippen LogP contribution in [0.1, 0.15) is 132 Å². The van der Waals surface area contributed by atoms with Crippen LogP contribution in [0.3, 0.4) is 0 Å². The van der Waals surface area contributed by atoms with Crippen LogP contribution in [-0.4, -0.2) is 90.1 Å². The highest BCUT2D eigenvalue weighted by Gasteiger charge is 2.71. The molecule has 58 heavy (non-hydrogen) atoms. The van der Waals surface area contributed by atoms with Crippen molar-refractivity contribution in [1.82, 2.24) is 9.80 Å². The van der Waals surface area contributed by atoms with Crippen LogP contribution in [0, 0.1) is 56.2 Å². The van der Waals surface area contributed by atoms with E-state index in [1.54, 1.807) is 13.8 Å². The van der Waals surface area contributed by atoms with Gasteiger partial charge in [0.1, 0.15) is 12.7 Å². The predicted molar refractivity (Wildman–Crippen MR) is 231 cm³/mol. The van der Waals surface area contributed by atoms with Gasteiger partial charge in [-0.1, -0.05) is 91.6 Å². The average molecular weight is 824 g/mol. The lowest BCUT2D eigenvalue weighted by Crippen LogP contribution is -2.66. The highest BCUT2D eigenvalue weighted by molar-refractivity contribution is 6.30. The van der Waals surface area contributed by atoms with Crippen LogP contribution in [0.2, 0.25) is 5.02 Å². The molecule has 0 unspecified atom stereocenters. The molecule has 0 bridgehead atoms. The second-order valence-corrected chi connectivity index (χ2v) is 22.5. The van der Waals surface area contributed by atoms with E-state index in [9.17, 15) is 24.6 Å². The molecule has 8 nitrogen and oxygen atoms in total. The number of aliphatic hydroxyl groups is 2. The van der Waals surface area contributed by atoms with E-state index in [1.165, 1.54) is 5.57 Å². The molecule has 0 radical (unpaired) electrons. The Balaban J connectivity index is 1.28. The Morgan fingerprint density at radius 3 is 2.21 bits per heavy atom. The van der Waals surface area contributed by atoms with Crippen LogP contribution < -0.4 is 0 Å². The van der Waals surface area contributed by atoms with Gasteiger partial charge in [-0.15, -0.1) is 0 Å². The van der Waals surface area contributed by atoms with Gasteiger partial charge in [-0.2, -0.15) is 0 Å². The van der Waals surface area contributed by atoms with Gasteiger partial charge >= 0.3 is 5.97 Å². The van der Waals surface area contributed by atoms with E-state index in [2.05, 4.69) is 84.5 Å². The number of esters is 1. The number of Topliss-reactive ketones (excluding diaryl/α,β-unsaturated/α-hetero) is 2. The van der Waals surface area contributed by atoms with Gasteiger partial charge in [0, 0.05) is 53.9 Å². The van der Waals surface area contributed by atoms with Crippen LogP contribution >= 0.6 is 11.6 Å². The maximum atomic E-state index is 14.3. The third kappa shape index (κ3) is 7.71. The number of rotatable bonds is 14. The smallest absolute Gasteiger partial charge is 0.307 e. The van der Waals surface area contributed by atoms with Crippen molar-refractivity contribution in [3.05, 3.63) is 46.0 Å². The van der Waals surface area contributed by atoms with Gasteiger partial charge in [0.25, 0.3) is 0 Å². The monoisotopic (exact) mass is 823 g/mol. The second-order valence-electron chi connectivity index (χ2n) is 22.0. The Kier molecular flexibility index (Phi) is 12.8. The SMILES string of the molecule is CC(C)C1=C2[C@H]3CC[C@@H]4[C@@]5(C)CC[C@H](OC(=O)CC(C)(C)C(=O)CO)C(C)(C)[C@@H]5CC[C@@]4(C)[C@]3(C)CC[C@@]2([C@H](O)CN(CCN(C)C)Cc2ccc(Cl)cc2)CC1=O. The van der Waals surface area contributed by atoms with Crippen molar-refractivity contribution in [2.75, 3.05) is 40.3 Å². The molecular formula is C49H75ClN2O6. The molecule has 0 aliphatic heterocycles. The lowest BCUT2D eigenvalue weighted by Gasteiger charge is -2.72. The minimum Gasteiger partial charge on any atom is -0.462 e. The number of ketones is 2. The summed E-state index contributed by atoms with van der Waals surface area (Å²) < 4.78 is 6.27. The molecule has 5 aliphatic rings. The van der Waals surface area contributed by atoms with Gasteiger partial charge in [-0.25, -0.2) is 0 Å². The molecular weight excluding hydrogens is 748 g/mol. The molecule has 6 rings (SSSR count).